The lowest BCUT2D eigenvalue weighted by atomic mass is 9.64. The van der Waals surface area contributed by atoms with Gasteiger partial charge >= 0.3 is 0 Å². The topological polar surface area (TPSA) is 58.6 Å². The van der Waals surface area contributed by atoms with Gasteiger partial charge in [0.25, 0.3) is 5.91 Å². The zero-order valence-corrected chi connectivity index (χ0v) is 19.7. The molecule has 5 nitrogen and oxygen atoms in total. The van der Waals surface area contributed by atoms with Crippen LogP contribution in [0.5, 0.6) is 5.75 Å². The normalized spacial score (nSPS) is 29.9. The number of fused-ring (bicyclic) bond motifs is 2. The monoisotopic (exact) mass is 432 g/mol. The Bertz CT molecular complexity index is 1120. The van der Waals surface area contributed by atoms with Crippen LogP contribution in [0.2, 0.25) is 0 Å². The molecule has 3 heterocycles. The standard InChI is InChI=1S/C27H32N2O3/c1-16-18(9-10-22-19(16)11-12-26(5,6)32-22)20-14-27(15-25(3,4)17(20)2)24(31)29-13-7-8-21(29)23(30)28-27/h9-12,14,21H,2,7-8,13,15H2,1,3-6H3,(H,28,30)/t21-,27-/m0/s1. The molecule has 32 heavy (non-hydrogen) atoms. The van der Waals surface area contributed by atoms with Crippen molar-refractivity contribution >= 4 is 23.5 Å². The van der Waals surface area contributed by atoms with Gasteiger partial charge in [-0.15, -0.1) is 0 Å². The largest absolute Gasteiger partial charge is 0.483 e. The fourth-order valence-corrected chi connectivity index (χ4v) is 5.80. The van der Waals surface area contributed by atoms with Crippen molar-refractivity contribution < 1.29 is 14.3 Å². The highest BCUT2D eigenvalue weighted by Crippen LogP contribution is 2.50. The molecule has 0 bridgehead atoms. The summed E-state index contributed by atoms with van der Waals surface area (Å²) in [6.45, 7) is 15.5. The third kappa shape index (κ3) is 2.97. The van der Waals surface area contributed by atoms with Crippen molar-refractivity contribution in [2.45, 2.75) is 71.1 Å². The minimum absolute atomic E-state index is 0.0123. The van der Waals surface area contributed by atoms with E-state index in [-0.39, 0.29) is 28.9 Å². The van der Waals surface area contributed by atoms with Gasteiger partial charge in [-0.1, -0.05) is 32.6 Å². The smallest absolute Gasteiger partial charge is 0.253 e. The predicted octanol–water partition coefficient (Wildman–Crippen LogP) is 4.41. The van der Waals surface area contributed by atoms with Crippen molar-refractivity contribution in [2.75, 3.05) is 6.54 Å². The fraction of sp³-hybridized carbons (Fsp3) is 0.481. The van der Waals surface area contributed by atoms with E-state index in [4.69, 9.17) is 4.74 Å². The molecule has 1 aliphatic carbocycles. The molecule has 2 saturated heterocycles. The van der Waals surface area contributed by atoms with Crippen LogP contribution in [0.4, 0.5) is 0 Å². The van der Waals surface area contributed by atoms with Gasteiger partial charge in [-0.2, -0.15) is 0 Å². The molecule has 1 aromatic rings. The number of ether oxygens (including phenoxy) is 1. The summed E-state index contributed by atoms with van der Waals surface area (Å²) in [7, 11) is 0. The molecular weight excluding hydrogens is 400 g/mol. The summed E-state index contributed by atoms with van der Waals surface area (Å²) in [5.41, 5.74) is 3.36. The maximum atomic E-state index is 13.7. The molecule has 168 valence electrons. The van der Waals surface area contributed by atoms with E-state index in [1.54, 1.807) is 4.90 Å². The predicted molar refractivity (Wildman–Crippen MR) is 126 cm³/mol. The van der Waals surface area contributed by atoms with Crippen molar-refractivity contribution in [3.8, 4) is 5.75 Å². The van der Waals surface area contributed by atoms with E-state index in [1.165, 1.54) is 0 Å². The van der Waals surface area contributed by atoms with Crippen molar-refractivity contribution in [2.24, 2.45) is 5.41 Å². The molecule has 3 aliphatic heterocycles. The van der Waals surface area contributed by atoms with E-state index in [0.29, 0.717) is 13.0 Å². The van der Waals surface area contributed by atoms with E-state index in [2.05, 4.69) is 50.9 Å². The van der Waals surface area contributed by atoms with Crippen molar-refractivity contribution in [1.29, 1.82) is 0 Å². The van der Waals surface area contributed by atoms with Crippen LogP contribution in [0.1, 0.15) is 63.6 Å². The maximum absolute atomic E-state index is 13.7. The SMILES string of the molecule is C=C1C(c2ccc3c(c2C)C=CC(C)(C)O3)=C[C@@]2(CC1(C)C)NC(=O)[C@@H]1CCCN1C2=O. The molecule has 5 rings (SSSR count). The first-order chi connectivity index (χ1) is 14.9. The van der Waals surface area contributed by atoms with Crippen molar-refractivity contribution in [3.63, 3.8) is 0 Å². The summed E-state index contributed by atoms with van der Waals surface area (Å²) in [5, 5.41) is 3.14. The number of nitrogens with zero attached hydrogens (tertiary/aromatic N) is 1. The third-order valence-electron chi connectivity index (χ3n) is 7.59. The highest BCUT2D eigenvalue weighted by atomic mass is 16.5. The Morgan fingerprint density at radius 3 is 2.69 bits per heavy atom. The number of carbonyl (C=O) groups is 2. The van der Waals surface area contributed by atoms with E-state index < -0.39 is 5.54 Å². The first kappa shape index (κ1) is 21.0. The molecule has 0 saturated carbocycles. The minimum atomic E-state index is -1.03. The summed E-state index contributed by atoms with van der Waals surface area (Å²) in [5.74, 6) is 0.830. The van der Waals surface area contributed by atoms with Gasteiger partial charge in [0.15, 0.2) is 0 Å². The number of amides is 2. The lowest BCUT2D eigenvalue weighted by Gasteiger charge is -2.49. The van der Waals surface area contributed by atoms with Crippen LogP contribution in [0.25, 0.3) is 11.6 Å². The molecule has 0 radical (unpaired) electrons. The first-order valence-electron chi connectivity index (χ1n) is 11.5. The van der Waals surface area contributed by atoms with E-state index >= 15 is 0 Å². The summed E-state index contributed by atoms with van der Waals surface area (Å²) in [6.07, 6.45) is 8.29. The zero-order valence-electron chi connectivity index (χ0n) is 19.7. The number of hydrogen-bond acceptors (Lipinski definition) is 3. The molecule has 0 aromatic heterocycles. The highest BCUT2D eigenvalue weighted by molar-refractivity contribution is 6.04. The Kier molecular flexibility index (Phi) is 4.34. The molecule has 1 aromatic carbocycles. The zero-order chi connectivity index (χ0) is 23.1. The lowest BCUT2D eigenvalue weighted by Crippen LogP contribution is -2.69. The number of carbonyl (C=O) groups excluding carboxylic acids is 2. The first-order valence-corrected chi connectivity index (χ1v) is 11.5. The average molecular weight is 433 g/mol. The van der Waals surface area contributed by atoms with Crippen LogP contribution in [0.3, 0.4) is 0 Å². The van der Waals surface area contributed by atoms with E-state index in [9.17, 15) is 9.59 Å². The number of allylic oxidation sites excluding steroid dienone is 2. The molecule has 2 atom stereocenters. The molecule has 1 N–H and O–H groups in total. The minimum Gasteiger partial charge on any atom is -0.483 e. The molecule has 5 heteroatoms. The van der Waals surface area contributed by atoms with Crippen LogP contribution < -0.4 is 10.1 Å². The van der Waals surface area contributed by atoms with Gasteiger partial charge in [-0.25, -0.2) is 0 Å². The van der Waals surface area contributed by atoms with E-state index in [0.717, 1.165) is 46.4 Å². The second-order valence-electron chi connectivity index (χ2n) is 10.9. The van der Waals surface area contributed by atoms with E-state index in [1.807, 2.05) is 26.0 Å². The number of hydrogen-bond donors (Lipinski definition) is 1. The summed E-state index contributed by atoms with van der Waals surface area (Å²) >= 11 is 0. The fourth-order valence-electron chi connectivity index (χ4n) is 5.80. The van der Waals surface area contributed by atoms with Gasteiger partial charge in [-0.3, -0.25) is 9.59 Å². The molecule has 1 spiro atoms. The Morgan fingerprint density at radius 2 is 1.94 bits per heavy atom. The van der Waals surface area contributed by atoms with Crippen LogP contribution in [0, 0.1) is 12.3 Å². The lowest BCUT2D eigenvalue weighted by molar-refractivity contribution is -0.151. The summed E-state index contributed by atoms with van der Waals surface area (Å²) < 4.78 is 6.15. The summed E-state index contributed by atoms with van der Waals surface area (Å²) in [4.78, 5) is 28.5. The maximum Gasteiger partial charge on any atom is 0.253 e. The van der Waals surface area contributed by atoms with Gasteiger partial charge < -0.3 is 15.0 Å². The average Bonchev–Trinajstić information content (AvgIpc) is 3.19. The van der Waals surface area contributed by atoms with Crippen LogP contribution >= 0.6 is 0 Å². The van der Waals surface area contributed by atoms with Crippen molar-refractivity contribution in [1.82, 2.24) is 10.2 Å². The third-order valence-corrected chi connectivity index (χ3v) is 7.59. The van der Waals surface area contributed by atoms with Crippen molar-refractivity contribution in [3.05, 3.63) is 53.1 Å². The Balaban J connectivity index is 1.65. The second kappa shape index (κ2) is 6.60. The van der Waals surface area contributed by atoms with Crippen LogP contribution in [0.15, 0.2) is 36.4 Å². The quantitative estimate of drug-likeness (QED) is 0.715. The molecule has 0 unspecified atom stereocenters. The van der Waals surface area contributed by atoms with Gasteiger partial charge in [-0.05, 0) is 85.9 Å². The Labute approximate surface area is 190 Å². The van der Waals surface area contributed by atoms with Gasteiger partial charge in [0.05, 0.1) is 0 Å². The molecule has 4 aliphatic rings. The number of piperazine rings is 1. The highest BCUT2D eigenvalue weighted by Gasteiger charge is 2.55. The molecular formula is C27H32N2O3. The Morgan fingerprint density at radius 1 is 1.19 bits per heavy atom. The number of rotatable bonds is 1. The van der Waals surface area contributed by atoms with Gasteiger partial charge in [0.1, 0.15) is 22.9 Å². The summed E-state index contributed by atoms with van der Waals surface area (Å²) in [6, 6.07) is 3.74. The number of benzene rings is 1. The molecule has 2 fully saturated rings. The number of nitrogens with one attached hydrogen (secondary N) is 1. The Hall–Kier alpha value is -2.82. The van der Waals surface area contributed by atoms with Gasteiger partial charge in [0, 0.05) is 12.1 Å². The van der Waals surface area contributed by atoms with Crippen LogP contribution in [-0.2, 0) is 9.59 Å². The van der Waals surface area contributed by atoms with Gasteiger partial charge in [0.2, 0.25) is 5.91 Å². The second-order valence-corrected chi connectivity index (χ2v) is 10.9. The molecule has 2 amide bonds. The van der Waals surface area contributed by atoms with Crippen LogP contribution in [-0.4, -0.2) is 40.4 Å².